The third kappa shape index (κ3) is 2.56. The van der Waals surface area contributed by atoms with Gasteiger partial charge in [0.15, 0.2) is 0 Å². The predicted octanol–water partition coefficient (Wildman–Crippen LogP) is 1.84. The van der Waals surface area contributed by atoms with Crippen molar-refractivity contribution in [1.29, 1.82) is 0 Å². The van der Waals surface area contributed by atoms with E-state index in [0.717, 1.165) is 5.56 Å². The number of aliphatic hydroxyl groups is 1. The maximum atomic E-state index is 12.7. The van der Waals surface area contributed by atoms with E-state index < -0.39 is 0 Å². The first-order valence-electron chi connectivity index (χ1n) is 3.89. The average molecular weight is 182 g/mol. The van der Waals surface area contributed by atoms with Crippen LogP contribution in [0.3, 0.4) is 0 Å². The fourth-order valence-electron chi connectivity index (χ4n) is 1.00. The molecule has 2 nitrogen and oxygen atoms in total. The van der Waals surface area contributed by atoms with Gasteiger partial charge in [-0.3, -0.25) is 0 Å². The van der Waals surface area contributed by atoms with Gasteiger partial charge in [0.25, 0.3) is 0 Å². The normalized spacial score (nSPS) is 10.7. The molecule has 0 bridgehead atoms. The molecule has 0 heterocycles. The summed E-state index contributed by atoms with van der Waals surface area (Å²) < 4.78 is 17.7. The fraction of sp³-hybridized carbons (Fsp3) is 0.200. The minimum atomic E-state index is -0.335. The number of benzene rings is 1. The summed E-state index contributed by atoms with van der Waals surface area (Å²) in [6, 6.07) is 4.25. The molecule has 0 fully saturated rings. The van der Waals surface area contributed by atoms with Gasteiger partial charge in [-0.1, -0.05) is 12.2 Å². The molecule has 1 aromatic rings. The molecule has 0 aliphatic rings. The van der Waals surface area contributed by atoms with Gasteiger partial charge in [-0.05, 0) is 12.1 Å². The van der Waals surface area contributed by atoms with Crippen LogP contribution in [0, 0.1) is 5.82 Å². The second-order valence-electron chi connectivity index (χ2n) is 2.47. The van der Waals surface area contributed by atoms with Crippen LogP contribution in [-0.2, 0) is 0 Å². The van der Waals surface area contributed by atoms with E-state index in [2.05, 4.69) is 0 Å². The van der Waals surface area contributed by atoms with Crippen molar-refractivity contribution in [3.8, 4) is 5.75 Å². The lowest BCUT2D eigenvalue weighted by molar-refractivity contribution is 0.343. The molecule has 0 saturated heterocycles. The molecule has 13 heavy (non-hydrogen) atoms. The Kier molecular flexibility index (Phi) is 3.46. The summed E-state index contributed by atoms with van der Waals surface area (Å²) in [6.07, 6.45) is 3.24. The summed E-state index contributed by atoms with van der Waals surface area (Å²) in [7, 11) is 1.48. The number of halogens is 1. The van der Waals surface area contributed by atoms with E-state index in [1.807, 2.05) is 0 Å². The van der Waals surface area contributed by atoms with Crippen LogP contribution in [-0.4, -0.2) is 18.8 Å². The van der Waals surface area contributed by atoms with E-state index in [0.29, 0.717) is 5.75 Å². The van der Waals surface area contributed by atoms with Crippen molar-refractivity contribution in [1.82, 2.24) is 0 Å². The van der Waals surface area contributed by atoms with Crippen molar-refractivity contribution in [3.05, 3.63) is 35.7 Å². The maximum Gasteiger partial charge on any atom is 0.128 e. The zero-order valence-electron chi connectivity index (χ0n) is 7.33. The molecule has 0 radical (unpaired) electrons. The van der Waals surface area contributed by atoms with Crippen LogP contribution in [0.2, 0.25) is 0 Å². The number of aliphatic hydroxyl groups excluding tert-OH is 1. The first kappa shape index (κ1) is 9.74. The molecule has 0 saturated carbocycles. The third-order valence-corrected chi connectivity index (χ3v) is 1.60. The van der Waals surface area contributed by atoms with E-state index in [9.17, 15) is 4.39 Å². The highest BCUT2D eigenvalue weighted by Crippen LogP contribution is 2.20. The molecule has 0 aliphatic carbocycles. The van der Waals surface area contributed by atoms with Crippen molar-refractivity contribution < 1.29 is 14.2 Å². The van der Waals surface area contributed by atoms with Gasteiger partial charge in [0.1, 0.15) is 11.6 Å². The zero-order chi connectivity index (χ0) is 9.68. The maximum absolute atomic E-state index is 12.7. The summed E-state index contributed by atoms with van der Waals surface area (Å²) in [5, 5.41) is 8.54. The van der Waals surface area contributed by atoms with Gasteiger partial charge >= 0.3 is 0 Å². The monoisotopic (exact) mass is 182 g/mol. The van der Waals surface area contributed by atoms with Crippen LogP contribution in [0.4, 0.5) is 4.39 Å². The lowest BCUT2D eigenvalue weighted by Gasteiger charge is -2.03. The van der Waals surface area contributed by atoms with Crippen LogP contribution in [0.25, 0.3) is 6.08 Å². The highest BCUT2D eigenvalue weighted by molar-refractivity contribution is 5.57. The van der Waals surface area contributed by atoms with E-state index >= 15 is 0 Å². The topological polar surface area (TPSA) is 29.5 Å². The minimum absolute atomic E-state index is 0.0411. The first-order chi connectivity index (χ1) is 6.27. The molecule has 1 rings (SSSR count). The highest BCUT2D eigenvalue weighted by atomic mass is 19.1. The number of hydrogen-bond donors (Lipinski definition) is 1. The Balaban J connectivity index is 2.99. The fourth-order valence-corrected chi connectivity index (χ4v) is 1.00. The lowest BCUT2D eigenvalue weighted by atomic mass is 10.2. The first-order valence-corrected chi connectivity index (χ1v) is 3.89. The lowest BCUT2D eigenvalue weighted by Crippen LogP contribution is -1.88. The SMILES string of the molecule is COc1cc(F)ccc1/C=C/CO. The van der Waals surface area contributed by atoms with Gasteiger partial charge < -0.3 is 9.84 Å². The predicted molar refractivity (Wildman–Crippen MR) is 49.1 cm³/mol. The van der Waals surface area contributed by atoms with Crippen LogP contribution in [0.1, 0.15) is 5.56 Å². The van der Waals surface area contributed by atoms with Gasteiger partial charge in [-0.25, -0.2) is 4.39 Å². The Morgan fingerprint density at radius 1 is 1.54 bits per heavy atom. The third-order valence-electron chi connectivity index (χ3n) is 1.60. The van der Waals surface area contributed by atoms with Gasteiger partial charge in [-0.15, -0.1) is 0 Å². The van der Waals surface area contributed by atoms with Gasteiger partial charge in [0.2, 0.25) is 0 Å². The molecule has 0 atom stereocenters. The smallest absolute Gasteiger partial charge is 0.128 e. The number of hydrogen-bond acceptors (Lipinski definition) is 2. The molecule has 0 spiro atoms. The molecule has 70 valence electrons. The van der Waals surface area contributed by atoms with Gasteiger partial charge in [0.05, 0.1) is 13.7 Å². The highest BCUT2D eigenvalue weighted by Gasteiger charge is 2.00. The molecule has 0 aromatic heterocycles. The van der Waals surface area contributed by atoms with Crippen molar-refractivity contribution in [2.75, 3.05) is 13.7 Å². The van der Waals surface area contributed by atoms with Crippen LogP contribution < -0.4 is 4.74 Å². The zero-order valence-corrected chi connectivity index (χ0v) is 7.33. The van der Waals surface area contributed by atoms with Crippen LogP contribution in [0.15, 0.2) is 24.3 Å². The molecule has 3 heteroatoms. The average Bonchev–Trinajstić information content (AvgIpc) is 2.16. The minimum Gasteiger partial charge on any atom is -0.496 e. The second kappa shape index (κ2) is 4.62. The quantitative estimate of drug-likeness (QED) is 0.772. The number of ether oxygens (including phenoxy) is 1. The van der Waals surface area contributed by atoms with E-state index in [-0.39, 0.29) is 12.4 Å². The van der Waals surface area contributed by atoms with Crippen molar-refractivity contribution in [2.45, 2.75) is 0 Å². The molecule has 0 aliphatic heterocycles. The van der Waals surface area contributed by atoms with E-state index in [1.54, 1.807) is 18.2 Å². The number of methoxy groups -OCH3 is 1. The Hall–Kier alpha value is -1.35. The van der Waals surface area contributed by atoms with E-state index in [4.69, 9.17) is 9.84 Å². The van der Waals surface area contributed by atoms with Crippen molar-refractivity contribution in [2.24, 2.45) is 0 Å². The van der Waals surface area contributed by atoms with Gasteiger partial charge in [0, 0.05) is 11.6 Å². The van der Waals surface area contributed by atoms with E-state index in [1.165, 1.54) is 19.2 Å². The summed E-state index contributed by atoms with van der Waals surface area (Å²) in [4.78, 5) is 0. The molecular weight excluding hydrogens is 171 g/mol. The second-order valence-corrected chi connectivity index (χ2v) is 2.47. The summed E-state index contributed by atoms with van der Waals surface area (Å²) >= 11 is 0. The summed E-state index contributed by atoms with van der Waals surface area (Å²) in [6.45, 7) is -0.0411. The standard InChI is InChI=1S/C10H11FO2/c1-13-10-7-9(11)5-4-8(10)3-2-6-12/h2-5,7,12H,6H2,1H3/b3-2+. The van der Waals surface area contributed by atoms with Crippen molar-refractivity contribution in [3.63, 3.8) is 0 Å². The summed E-state index contributed by atoms with van der Waals surface area (Å²) in [5.41, 5.74) is 0.748. The molecular formula is C10H11FO2. The Morgan fingerprint density at radius 3 is 2.92 bits per heavy atom. The molecule has 1 aromatic carbocycles. The molecule has 0 amide bonds. The van der Waals surface area contributed by atoms with Gasteiger partial charge in [-0.2, -0.15) is 0 Å². The number of rotatable bonds is 3. The Morgan fingerprint density at radius 2 is 2.31 bits per heavy atom. The molecule has 1 N–H and O–H groups in total. The Bertz CT molecular complexity index is 308. The largest absolute Gasteiger partial charge is 0.496 e. The van der Waals surface area contributed by atoms with Crippen LogP contribution in [0.5, 0.6) is 5.75 Å². The molecule has 0 unspecified atom stereocenters. The Labute approximate surface area is 76.3 Å². The van der Waals surface area contributed by atoms with Crippen LogP contribution >= 0.6 is 0 Å². The summed E-state index contributed by atoms with van der Waals surface area (Å²) in [5.74, 6) is 0.127. The van der Waals surface area contributed by atoms with Crippen molar-refractivity contribution >= 4 is 6.08 Å².